The molecule has 1 rings (SSSR count). The van der Waals surface area contributed by atoms with Crippen molar-refractivity contribution in [2.24, 2.45) is 16.9 Å². The van der Waals surface area contributed by atoms with Crippen molar-refractivity contribution in [1.82, 2.24) is 0 Å². The number of carbonyl (C=O) groups is 2. The van der Waals surface area contributed by atoms with Crippen molar-refractivity contribution in [3.05, 3.63) is 0 Å². The highest BCUT2D eigenvalue weighted by Gasteiger charge is 2.50. The number of carboxylic acid groups (broad SMARTS) is 2. The van der Waals surface area contributed by atoms with Crippen LogP contribution in [-0.4, -0.2) is 27.8 Å². The third-order valence-corrected chi connectivity index (χ3v) is 2.85. The molecule has 0 atom stereocenters. The second kappa shape index (κ2) is 3.21. The second-order valence-electron chi connectivity index (χ2n) is 3.93. The summed E-state index contributed by atoms with van der Waals surface area (Å²) in [6, 6.07) is 0. The van der Waals surface area contributed by atoms with E-state index in [1.807, 2.05) is 0 Å². The zero-order valence-corrected chi connectivity index (χ0v) is 7.69. The molecule has 0 aliphatic heterocycles. The molecule has 0 spiro atoms. The van der Waals surface area contributed by atoms with Gasteiger partial charge in [-0.3, -0.25) is 9.59 Å². The van der Waals surface area contributed by atoms with Gasteiger partial charge >= 0.3 is 11.9 Å². The van der Waals surface area contributed by atoms with Crippen molar-refractivity contribution >= 4 is 11.9 Å². The van der Waals surface area contributed by atoms with Gasteiger partial charge in [0.15, 0.2) is 5.41 Å². The van der Waals surface area contributed by atoms with Gasteiger partial charge in [-0.2, -0.15) is 0 Å². The van der Waals surface area contributed by atoms with Crippen molar-refractivity contribution in [2.45, 2.75) is 31.3 Å². The van der Waals surface area contributed by atoms with E-state index < -0.39 is 23.0 Å². The Balaban J connectivity index is 2.85. The maximum atomic E-state index is 10.9. The number of rotatable bonds is 2. The van der Waals surface area contributed by atoms with Crippen molar-refractivity contribution in [3.8, 4) is 0 Å². The Hall–Kier alpha value is -1.14. The summed E-state index contributed by atoms with van der Waals surface area (Å²) in [5.74, 6) is -2.61. The monoisotopic (exact) mass is 202 g/mol. The van der Waals surface area contributed by atoms with Crippen LogP contribution in [-0.2, 0) is 9.59 Å². The van der Waals surface area contributed by atoms with Crippen LogP contribution in [0.2, 0.25) is 0 Å². The van der Waals surface area contributed by atoms with Crippen LogP contribution < -0.4 is 11.5 Å². The molecule has 6 N–H and O–H groups in total. The molecule has 0 aromatic heterocycles. The molecular formula is C8H14N2O4. The van der Waals surface area contributed by atoms with Gasteiger partial charge in [-0.15, -0.1) is 0 Å². The Morgan fingerprint density at radius 1 is 0.929 bits per heavy atom. The van der Waals surface area contributed by atoms with Crippen LogP contribution in [0.3, 0.4) is 0 Å². The van der Waals surface area contributed by atoms with E-state index in [0.29, 0.717) is 0 Å². The molecule has 0 bridgehead atoms. The highest BCUT2D eigenvalue weighted by atomic mass is 16.4. The number of hydrogen-bond donors (Lipinski definition) is 4. The summed E-state index contributed by atoms with van der Waals surface area (Å²) in [6.45, 7) is 0. The fourth-order valence-corrected chi connectivity index (χ4v) is 1.66. The van der Waals surface area contributed by atoms with Gasteiger partial charge in [0.1, 0.15) is 0 Å². The standard InChI is InChI=1S/C8H14N2O4/c9-8(10)3-1-7(2-4-8,5(11)12)6(13)14/h1-4,9-10H2,(H,11,12)(H,13,14). The van der Waals surface area contributed by atoms with Crippen molar-refractivity contribution in [3.63, 3.8) is 0 Å². The average molecular weight is 202 g/mol. The molecule has 0 heterocycles. The minimum absolute atomic E-state index is 0.00926. The SMILES string of the molecule is NC1(N)CCC(C(=O)O)(C(=O)O)CC1. The lowest BCUT2D eigenvalue weighted by molar-refractivity contribution is -0.168. The average Bonchev–Trinajstić information content (AvgIpc) is 2.03. The molecule has 0 saturated heterocycles. The zero-order valence-electron chi connectivity index (χ0n) is 7.69. The fourth-order valence-electron chi connectivity index (χ4n) is 1.66. The summed E-state index contributed by atoms with van der Waals surface area (Å²) in [7, 11) is 0. The first-order valence-electron chi connectivity index (χ1n) is 4.35. The normalized spacial score (nSPS) is 24.1. The Bertz CT molecular complexity index is 249. The zero-order chi connectivity index (χ0) is 11.0. The van der Waals surface area contributed by atoms with Crippen LogP contribution in [0.4, 0.5) is 0 Å². The van der Waals surface area contributed by atoms with E-state index in [2.05, 4.69) is 0 Å². The highest BCUT2D eigenvalue weighted by Crippen LogP contribution is 2.38. The third kappa shape index (κ3) is 1.71. The van der Waals surface area contributed by atoms with E-state index >= 15 is 0 Å². The topological polar surface area (TPSA) is 127 Å². The minimum Gasteiger partial charge on any atom is -0.480 e. The number of nitrogens with two attached hydrogens (primary N) is 2. The van der Waals surface area contributed by atoms with E-state index in [4.69, 9.17) is 21.7 Å². The van der Waals surface area contributed by atoms with Crippen LogP contribution in [0.5, 0.6) is 0 Å². The lowest BCUT2D eigenvalue weighted by Crippen LogP contribution is -2.56. The van der Waals surface area contributed by atoms with Crippen molar-refractivity contribution < 1.29 is 19.8 Å². The predicted molar refractivity (Wildman–Crippen MR) is 47.3 cm³/mol. The summed E-state index contributed by atoms with van der Waals surface area (Å²) in [4.78, 5) is 21.7. The molecule has 1 aliphatic rings. The highest BCUT2D eigenvalue weighted by molar-refractivity contribution is 5.98. The first-order valence-corrected chi connectivity index (χ1v) is 4.35. The number of aliphatic carboxylic acids is 2. The molecular weight excluding hydrogens is 188 g/mol. The molecule has 1 fully saturated rings. The molecule has 1 saturated carbocycles. The first-order chi connectivity index (χ1) is 6.30. The van der Waals surface area contributed by atoms with E-state index in [-0.39, 0.29) is 25.7 Å². The van der Waals surface area contributed by atoms with E-state index in [1.54, 1.807) is 0 Å². The van der Waals surface area contributed by atoms with Crippen LogP contribution >= 0.6 is 0 Å². The van der Waals surface area contributed by atoms with Gasteiger partial charge in [-0.1, -0.05) is 0 Å². The molecule has 0 aromatic carbocycles. The Morgan fingerprint density at radius 3 is 1.57 bits per heavy atom. The van der Waals surface area contributed by atoms with Crippen molar-refractivity contribution in [1.29, 1.82) is 0 Å². The second-order valence-corrected chi connectivity index (χ2v) is 3.93. The predicted octanol–water partition coefficient (Wildman–Crippen LogP) is -0.670. The quantitative estimate of drug-likeness (QED) is 0.347. The summed E-state index contributed by atoms with van der Waals surface area (Å²) >= 11 is 0. The fraction of sp³-hybridized carbons (Fsp3) is 0.750. The van der Waals surface area contributed by atoms with Gasteiger partial charge in [0.25, 0.3) is 0 Å². The summed E-state index contributed by atoms with van der Waals surface area (Å²) < 4.78 is 0. The molecule has 80 valence electrons. The molecule has 0 amide bonds. The Kier molecular flexibility index (Phi) is 2.51. The smallest absolute Gasteiger partial charge is 0.321 e. The molecule has 0 unspecified atom stereocenters. The van der Waals surface area contributed by atoms with Crippen molar-refractivity contribution in [2.75, 3.05) is 0 Å². The maximum Gasteiger partial charge on any atom is 0.321 e. The molecule has 0 aromatic rings. The molecule has 1 aliphatic carbocycles. The van der Waals surface area contributed by atoms with Gasteiger partial charge in [-0.25, -0.2) is 0 Å². The van der Waals surface area contributed by atoms with E-state index in [1.165, 1.54) is 0 Å². The number of carboxylic acids is 2. The van der Waals surface area contributed by atoms with E-state index in [9.17, 15) is 9.59 Å². The van der Waals surface area contributed by atoms with Gasteiger partial charge in [0, 0.05) is 0 Å². The minimum atomic E-state index is -1.69. The van der Waals surface area contributed by atoms with Gasteiger partial charge < -0.3 is 21.7 Å². The van der Waals surface area contributed by atoms with E-state index in [0.717, 1.165) is 0 Å². The summed E-state index contributed by atoms with van der Waals surface area (Å²) in [6.07, 6.45) is 0.409. The lowest BCUT2D eigenvalue weighted by Gasteiger charge is -2.37. The Morgan fingerprint density at radius 2 is 1.29 bits per heavy atom. The maximum absolute atomic E-state index is 10.9. The lowest BCUT2D eigenvalue weighted by atomic mass is 9.70. The number of hydrogen-bond acceptors (Lipinski definition) is 4. The summed E-state index contributed by atoms with van der Waals surface area (Å²) in [5.41, 5.74) is 8.57. The molecule has 0 radical (unpaired) electrons. The largest absolute Gasteiger partial charge is 0.480 e. The van der Waals surface area contributed by atoms with Gasteiger partial charge in [0.05, 0.1) is 5.66 Å². The van der Waals surface area contributed by atoms with Crippen LogP contribution in [0.25, 0.3) is 0 Å². The van der Waals surface area contributed by atoms with Crippen LogP contribution in [0.15, 0.2) is 0 Å². The summed E-state index contributed by atoms with van der Waals surface area (Å²) in [5, 5.41) is 17.7. The molecule has 14 heavy (non-hydrogen) atoms. The van der Waals surface area contributed by atoms with Gasteiger partial charge in [-0.05, 0) is 25.7 Å². The Labute approximate surface area is 80.9 Å². The third-order valence-electron chi connectivity index (χ3n) is 2.85. The van der Waals surface area contributed by atoms with Crippen LogP contribution in [0.1, 0.15) is 25.7 Å². The van der Waals surface area contributed by atoms with Gasteiger partial charge in [0.2, 0.25) is 0 Å². The van der Waals surface area contributed by atoms with Crippen LogP contribution in [0, 0.1) is 5.41 Å². The first kappa shape index (κ1) is 10.9. The molecule has 6 heteroatoms. The molecule has 6 nitrogen and oxygen atoms in total.